The highest BCUT2D eigenvalue weighted by atomic mass is 35.5. The number of unbranched alkanes of at least 4 members (excludes halogenated alkanes) is 14. The van der Waals surface area contributed by atoms with E-state index in [0.29, 0.717) is 0 Å². The van der Waals surface area contributed by atoms with Crippen LogP contribution < -0.4 is 18.1 Å². The van der Waals surface area contributed by atoms with Gasteiger partial charge in [-0.15, -0.1) is 0 Å². The van der Waals surface area contributed by atoms with E-state index in [1.807, 2.05) is 0 Å². The molecule has 2 heteroatoms. The molecule has 0 heterocycles. The van der Waals surface area contributed by atoms with Crippen molar-refractivity contribution < 1.29 is 18.1 Å². The Morgan fingerprint density at radius 2 is 0.840 bits per heavy atom. The van der Waals surface area contributed by atoms with E-state index in [0.717, 1.165) is 6.54 Å². The Bertz CT molecular complexity index is 352. The number of hydrogen-bond acceptors (Lipinski definition) is 0. The van der Waals surface area contributed by atoms with Crippen LogP contribution in [0, 0.1) is 0 Å². The number of benzene rings is 1. The molecule has 1 aromatic carbocycles. The van der Waals surface area contributed by atoms with Gasteiger partial charge in [-0.2, -0.15) is 0 Å². The zero-order chi connectivity index (χ0) is 17.1. The van der Waals surface area contributed by atoms with Gasteiger partial charge in [0.1, 0.15) is 0 Å². The normalized spacial score (nSPS) is 10.6. The lowest BCUT2D eigenvalue weighted by molar-refractivity contribution is -0.368. The molecule has 1 aromatic rings. The van der Waals surface area contributed by atoms with Gasteiger partial charge in [0.2, 0.25) is 0 Å². The maximum atomic E-state index is 3.90. The molecule has 0 aliphatic rings. The molecule has 0 saturated carbocycles. The van der Waals surface area contributed by atoms with Crippen molar-refractivity contribution in [3.05, 3.63) is 35.9 Å². The second-order valence-corrected chi connectivity index (χ2v) is 7.39. The highest BCUT2D eigenvalue weighted by Gasteiger charge is 1.95. The van der Waals surface area contributed by atoms with Gasteiger partial charge in [-0.3, -0.25) is 0 Å². The van der Waals surface area contributed by atoms with Crippen LogP contribution >= 0.6 is 0 Å². The minimum atomic E-state index is 0. The zero-order valence-electron chi connectivity index (χ0n) is 16.5. The van der Waals surface area contributed by atoms with Crippen molar-refractivity contribution in [1.29, 1.82) is 0 Å². The standard InChI is InChI=1S/C23H41N.ClH/c24-22-18-13-11-9-7-5-3-1-2-4-6-8-10-12-15-19-23-20-16-14-17-21-23;/h14,16-17,20-21H,1-13,15,18-19,22,24H2;1H. The van der Waals surface area contributed by atoms with Crippen molar-refractivity contribution in [3.63, 3.8) is 0 Å². The van der Waals surface area contributed by atoms with Crippen molar-refractivity contribution in [2.45, 2.75) is 103 Å². The third-order valence-corrected chi connectivity index (χ3v) is 5.06. The van der Waals surface area contributed by atoms with E-state index in [4.69, 9.17) is 0 Å². The Morgan fingerprint density at radius 3 is 1.24 bits per heavy atom. The van der Waals surface area contributed by atoms with E-state index < -0.39 is 0 Å². The average Bonchev–Trinajstić information content (AvgIpc) is 2.62. The van der Waals surface area contributed by atoms with Crippen molar-refractivity contribution >= 4 is 0 Å². The van der Waals surface area contributed by atoms with Gasteiger partial charge in [0, 0.05) is 0 Å². The van der Waals surface area contributed by atoms with Gasteiger partial charge in [-0.1, -0.05) is 107 Å². The smallest absolute Gasteiger partial charge is 0.0739 e. The summed E-state index contributed by atoms with van der Waals surface area (Å²) < 4.78 is 0. The predicted molar refractivity (Wildman–Crippen MR) is 107 cm³/mol. The number of quaternary nitrogens is 1. The lowest BCUT2D eigenvalue weighted by Gasteiger charge is -2.04. The van der Waals surface area contributed by atoms with E-state index in [2.05, 4.69) is 36.1 Å². The molecule has 0 aromatic heterocycles. The summed E-state index contributed by atoms with van der Waals surface area (Å²) in [5.74, 6) is 0. The van der Waals surface area contributed by atoms with E-state index in [1.165, 1.54) is 108 Å². The second kappa shape index (κ2) is 19.8. The molecule has 0 atom stereocenters. The molecular formula is C23H42ClN. The van der Waals surface area contributed by atoms with E-state index in [9.17, 15) is 0 Å². The molecule has 0 aliphatic carbocycles. The van der Waals surface area contributed by atoms with E-state index >= 15 is 0 Å². The fourth-order valence-corrected chi connectivity index (χ4v) is 3.45. The summed E-state index contributed by atoms with van der Waals surface area (Å²) >= 11 is 0. The van der Waals surface area contributed by atoms with E-state index in [-0.39, 0.29) is 12.4 Å². The number of rotatable bonds is 17. The minimum absolute atomic E-state index is 0. The van der Waals surface area contributed by atoms with Gasteiger partial charge >= 0.3 is 0 Å². The first-order valence-corrected chi connectivity index (χ1v) is 10.8. The fourth-order valence-electron chi connectivity index (χ4n) is 3.45. The Balaban J connectivity index is 0.00000576. The summed E-state index contributed by atoms with van der Waals surface area (Å²) in [6, 6.07) is 10.9. The van der Waals surface area contributed by atoms with Crippen LogP contribution in [0.25, 0.3) is 0 Å². The lowest BCUT2D eigenvalue weighted by atomic mass is 10.0. The first-order valence-electron chi connectivity index (χ1n) is 10.8. The maximum Gasteiger partial charge on any atom is 0.0739 e. The van der Waals surface area contributed by atoms with Crippen LogP contribution in [0.15, 0.2) is 30.3 Å². The Morgan fingerprint density at radius 1 is 0.480 bits per heavy atom. The Labute approximate surface area is 163 Å². The van der Waals surface area contributed by atoms with Crippen molar-refractivity contribution in [2.75, 3.05) is 6.54 Å². The predicted octanol–water partition coefficient (Wildman–Crippen LogP) is 3.33. The topological polar surface area (TPSA) is 27.6 Å². The molecule has 0 saturated heterocycles. The molecule has 0 unspecified atom stereocenters. The first-order chi connectivity index (χ1) is 11.9. The molecule has 0 bridgehead atoms. The fraction of sp³-hybridized carbons (Fsp3) is 0.739. The summed E-state index contributed by atoms with van der Waals surface area (Å²) in [7, 11) is 0. The summed E-state index contributed by atoms with van der Waals surface area (Å²) in [6.07, 6.45) is 22.7. The molecule has 1 nitrogen and oxygen atoms in total. The van der Waals surface area contributed by atoms with Gasteiger partial charge in [0.15, 0.2) is 0 Å². The van der Waals surface area contributed by atoms with Crippen molar-refractivity contribution in [1.82, 2.24) is 0 Å². The Kier molecular flexibility index (Phi) is 19.4. The zero-order valence-corrected chi connectivity index (χ0v) is 17.2. The average molecular weight is 368 g/mol. The van der Waals surface area contributed by atoms with Crippen LogP contribution in [-0.4, -0.2) is 6.54 Å². The van der Waals surface area contributed by atoms with Crippen LogP contribution in [0.4, 0.5) is 0 Å². The monoisotopic (exact) mass is 367 g/mol. The summed E-state index contributed by atoms with van der Waals surface area (Å²) in [4.78, 5) is 0. The third-order valence-electron chi connectivity index (χ3n) is 5.06. The molecular weight excluding hydrogens is 326 g/mol. The minimum Gasteiger partial charge on any atom is -1.00 e. The molecule has 0 fully saturated rings. The molecule has 146 valence electrons. The van der Waals surface area contributed by atoms with Crippen LogP contribution in [0.1, 0.15) is 102 Å². The number of halogens is 1. The third kappa shape index (κ3) is 16.7. The quantitative estimate of drug-likeness (QED) is 0.409. The van der Waals surface area contributed by atoms with Gasteiger partial charge < -0.3 is 18.1 Å². The first kappa shape index (κ1) is 24.5. The molecule has 25 heavy (non-hydrogen) atoms. The Hall–Kier alpha value is -0.530. The van der Waals surface area contributed by atoms with Crippen LogP contribution in [-0.2, 0) is 6.42 Å². The number of aryl methyl sites for hydroxylation is 1. The molecule has 1 rings (SSSR count). The lowest BCUT2D eigenvalue weighted by Crippen LogP contribution is -3.00. The van der Waals surface area contributed by atoms with Crippen molar-refractivity contribution in [3.8, 4) is 0 Å². The molecule has 0 amide bonds. The van der Waals surface area contributed by atoms with Crippen LogP contribution in [0.5, 0.6) is 0 Å². The SMILES string of the molecule is [Cl-].[NH3+]CCCCCCCCCCCCCCCCCc1ccccc1. The maximum absolute atomic E-state index is 3.90. The van der Waals surface area contributed by atoms with Gasteiger partial charge in [-0.25, -0.2) is 0 Å². The van der Waals surface area contributed by atoms with Crippen LogP contribution in [0.2, 0.25) is 0 Å². The number of hydrogen-bond donors (Lipinski definition) is 1. The summed E-state index contributed by atoms with van der Waals surface area (Å²) in [5.41, 5.74) is 5.40. The van der Waals surface area contributed by atoms with E-state index in [1.54, 1.807) is 0 Å². The second-order valence-electron chi connectivity index (χ2n) is 7.39. The molecule has 3 N–H and O–H groups in total. The molecule has 0 aliphatic heterocycles. The molecule has 0 spiro atoms. The summed E-state index contributed by atoms with van der Waals surface area (Å²) in [5, 5.41) is 0. The summed E-state index contributed by atoms with van der Waals surface area (Å²) in [6.45, 7) is 1.12. The highest BCUT2D eigenvalue weighted by Crippen LogP contribution is 2.14. The van der Waals surface area contributed by atoms with Gasteiger partial charge in [-0.05, 0) is 31.2 Å². The van der Waals surface area contributed by atoms with Gasteiger partial charge in [0.25, 0.3) is 0 Å². The molecule has 0 radical (unpaired) electrons. The van der Waals surface area contributed by atoms with Crippen molar-refractivity contribution in [2.24, 2.45) is 0 Å². The highest BCUT2D eigenvalue weighted by molar-refractivity contribution is 5.14. The largest absolute Gasteiger partial charge is 1.00 e. The van der Waals surface area contributed by atoms with Crippen LogP contribution in [0.3, 0.4) is 0 Å². The van der Waals surface area contributed by atoms with Gasteiger partial charge in [0.05, 0.1) is 6.54 Å².